The number of ether oxygens (including phenoxy) is 2. The summed E-state index contributed by atoms with van der Waals surface area (Å²) >= 11 is 0. The highest BCUT2D eigenvalue weighted by molar-refractivity contribution is 5.75. The molecule has 24 heavy (non-hydrogen) atoms. The third kappa shape index (κ3) is 3.06. The second-order valence-electron chi connectivity index (χ2n) is 5.28. The number of carbonyl (C=O) groups excluding carboxylic acids is 1. The van der Waals surface area contributed by atoms with Crippen LogP contribution in [0.3, 0.4) is 0 Å². The number of benzene rings is 1. The molecule has 1 aromatic rings. The standard InChI is InChI=1S/C15H18F3NO5/c1-4-23-13(20)11-12(9-5-7-10(22-3)8-6-9)19(2)24-14(11,21)15(16,17)18/h5-8,11-12,21H,4H2,1-3H3/t11-,12-,14-/m0/s1. The fourth-order valence-electron chi connectivity index (χ4n) is 2.71. The Hall–Kier alpha value is -1.84. The minimum atomic E-state index is -5.18. The first kappa shape index (κ1) is 18.5. The summed E-state index contributed by atoms with van der Waals surface area (Å²) in [6, 6.07) is 4.89. The maximum Gasteiger partial charge on any atom is 0.445 e. The number of aliphatic hydroxyl groups is 1. The van der Waals surface area contributed by atoms with E-state index < -0.39 is 29.9 Å². The molecule has 0 radical (unpaired) electrons. The van der Waals surface area contributed by atoms with Gasteiger partial charge in [0.1, 0.15) is 11.7 Å². The van der Waals surface area contributed by atoms with Gasteiger partial charge in [0, 0.05) is 7.05 Å². The molecular weight excluding hydrogens is 331 g/mol. The average molecular weight is 349 g/mol. The summed E-state index contributed by atoms with van der Waals surface area (Å²) in [5.41, 5.74) is 0.344. The van der Waals surface area contributed by atoms with Crippen LogP contribution < -0.4 is 4.74 Å². The average Bonchev–Trinajstić information content (AvgIpc) is 2.79. The number of hydrogen-bond donors (Lipinski definition) is 1. The summed E-state index contributed by atoms with van der Waals surface area (Å²) in [5, 5.41) is 10.9. The lowest BCUT2D eigenvalue weighted by atomic mass is 9.87. The minimum absolute atomic E-state index is 0.123. The van der Waals surface area contributed by atoms with Gasteiger partial charge in [-0.3, -0.25) is 9.63 Å². The van der Waals surface area contributed by atoms with Crippen LogP contribution in [0.1, 0.15) is 18.5 Å². The molecule has 2 rings (SSSR count). The fourth-order valence-corrected chi connectivity index (χ4v) is 2.71. The number of methoxy groups -OCH3 is 1. The molecule has 1 aliphatic heterocycles. The Morgan fingerprint density at radius 2 is 1.96 bits per heavy atom. The highest BCUT2D eigenvalue weighted by Crippen LogP contribution is 2.51. The Kier molecular flexibility index (Phi) is 5.07. The van der Waals surface area contributed by atoms with E-state index in [0.29, 0.717) is 11.3 Å². The molecule has 0 unspecified atom stereocenters. The lowest BCUT2D eigenvalue weighted by molar-refractivity contribution is -0.400. The second-order valence-corrected chi connectivity index (χ2v) is 5.28. The van der Waals surface area contributed by atoms with Gasteiger partial charge in [0.2, 0.25) is 0 Å². The Balaban J connectivity index is 2.48. The van der Waals surface area contributed by atoms with E-state index in [4.69, 9.17) is 9.47 Å². The van der Waals surface area contributed by atoms with Gasteiger partial charge in [-0.2, -0.15) is 18.2 Å². The molecule has 1 aliphatic rings. The van der Waals surface area contributed by atoms with E-state index >= 15 is 0 Å². The molecular formula is C15H18F3NO5. The van der Waals surface area contributed by atoms with Gasteiger partial charge in [0.25, 0.3) is 5.79 Å². The first-order valence-electron chi connectivity index (χ1n) is 7.17. The quantitative estimate of drug-likeness (QED) is 0.839. The van der Waals surface area contributed by atoms with Crippen LogP contribution in [-0.2, 0) is 14.4 Å². The van der Waals surface area contributed by atoms with Gasteiger partial charge in [0.05, 0.1) is 19.8 Å². The lowest BCUT2D eigenvalue weighted by Gasteiger charge is -2.29. The van der Waals surface area contributed by atoms with Crippen molar-refractivity contribution >= 4 is 5.97 Å². The van der Waals surface area contributed by atoms with Gasteiger partial charge in [0.15, 0.2) is 0 Å². The summed E-state index contributed by atoms with van der Waals surface area (Å²) in [6.07, 6.45) is -5.18. The van der Waals surface area contributed by atoms with Crippen molar-refractivity contribution in [1.29, 1.82) is 0 Å². The first-order chi connectivity index (χ1) is 11.2. The van der Waals surface area contributed by atoms with Crippen LogP contribution in [0.15, 0.2) is 24.3 Å². The summed E-state index contributed by atoms with van der Waals surface area (Å²) in [4.78, 5) is 16.8. The Morgan fingerprint density at radius 3 is 2.42 bits per heavy atom. The molecule has 3 atom stereocenters. The minimum Gasteiger partial charge on any atom is -0.497 e. The van der Waals surface area contributed by atoms with Crippen molar-refractivity contribution in [3.05, 3.63) is 29.8 Å². The fraction of sp³-hybridized carbons (Fsp3) is 0.533. The van der Waals surface area contributed by atoms with Crippen LogP contribution in [0.25, 0.3) is 0 Å². The number of hydrogen-bond acceptors (Lipinski definition) is 6. The molecule has 134 valence electrons. The number of hydroxylamine groups is 2. The van der Waals surface area contributed by atoms with Crippen molar-refractivity contribution < 1.29 is 37.4 Å². The highest BCUT2D eigenvalue weighted by Gasteiger charge is 2.71. The van der Waals surface area contributed by atoms with Crippen LogP contribution in [0.4, 0.5) is 13.2 Å². The lowest BCUT2D eigenvalue weighted by Crippen LogP contribution is -2.53. The first-order valence-corrected chi connectivity index (χ1v) is 7.17. The van der Waals surface area contributed by atoms with Crippen LogP contribution in [-0.4, -0.2) is 48.9 Å². The Bertz CT molecular complexity index is 592. The van der Waals surface area contributed by atoms with Crippen LogP contribution in [0.5, 0.6) is 5.75 Å². The third-order valence-electron chi connectivity index (χ3n) is 3.82. The van der Waals surface area contributed by atoms with E-state index in [1.807, 2.05) is 0 Å². The van der Waals surface area contributed by atoms with Gasteiger partial charge in [-0.15, -0.1) is 0 Å². The topological polar surface area (TPSA) is 68.2 Å². The smallest absolute Gasteiger partial charge is 0.445 e. The summed E-state index contributed by atoms with van der Waals surface area (Å²) in [5.74, 6) is -6.35. The molecule has 1 aromatic carbocycles. The van der Waals surface area contributed by atoms with E-state index in [0.717, 1.165) is 5.06 Å². The van der Waals surface area contributed by atoms with E-state index in [1.165, 1.54) is 45.3 Å². The molecule has 1 saturated heterocycles. The molecule has 0 bridgehead atoms. The Labute approximate surface area is 136 Å². The van der Waals surface area contributed by atoms with Crippen molar-refractivity contribution in [2.45, 2.75) is 24.9 Å². The monoisotopic (exact) mass is 349 g/mol. The third-order valence-corrected chi connectivity index (χ3v) is 3.82. The maximum atomic E-state index is 13.3. The van der Waals surface area contributed by atoms with Gasteiger partial charge >= 0.3 is 12.1 Å². The van der Waals surface area contributed by atoms with Crippen molar-refractivity contribution in [3.63, 3.8) is 0 Å². The predicted molar refractivity (Wildman–Crippen MR) is 75.7 cm³/mol. The molecule has 9 heteroatoms. The van der Waals surface area contributed by atoms with E-state index in [2.05, 4.69) is 4.84 Å². The number of alkyl halides is 3. The summed E-state index contributed by atoms with van der Waals surface area (Å²) in [7, 11) is 2.66. The molecule has 6 nitrogen and oxygen atoms in total. The van der Waals surface area contributed by atoms with Crippen LogP contribution in [0.2, 0.25) is 0 Å². The highest BCUT2D eigenvalue weighted by atomic mass is 19.4. The number of esters is 1. The SMILES string of the molecule is CCOC(=O)[C@@H]1[C@H](c2ccc(OC)cc2)N(C)O[C@]1(O)C(F)(F)F. The second kappa shape index (κ2) is 6.58. The van der Waals surface area contributed by atoms with Gasteiger partial charge in [-0.1, -0.05) is 12.1 Å². The van der Waals surface area contributed by atoms with Crippen LogP contribution >= 0.6 is 0 Å². The Morgan fingerprint density at radius 1 is 1.38 bits per heavy atom. The van der Waals surface area contributed by atoms with E-state index in [1.54, 1.807) is 0 Å². The number of carbonyl (C=O) groups is 1. The van der Waals surface area contributed by atoms with Crippen LogP contribution in [0, 0.1) is 5.92 Å². The molecule has 0 amide bonds. The van der Waals surface area contributed by atoms with Crippen molar-refractivity contribution in [2.24, 2.45) is 5.92 Å². The predicted octanol–water partition coefficient (Wildman–Crippen LogP) is 2.04. The van der Waals surface area contributed by atoms with Crippen molar-refractivity contribution in [2.75, 3.05) is 20.8 Å². The number of rotatable bonds is 4. The van der Waals surface area contributed by atoms with Gasteiger partial charge < -0.3 is 14.6 Å². The molecule has 0 spiro atoms. The zero-order valence-electron chi connectivity index (χ0n) is 13.3. The zero-order chi connectivity index (χ0) is 18.1. The van der Waals surface area contributed by atoms with Crippen molar-refractivity contribution in [1.82, 2.24) is 5.06 Å². The van der Waals surface area contributed by atoms with E-state index in [-0.39, 0.29) is 6.61 Å². The maximum absolute atomic E-state index is 13.3. The molecule has 1 heterocycles. The molecule has 1 fully saturated rings. The number of nitrogens with zero attached hydrogens (tertiary/aromatic N) is 1. The van der Waals surface area contributed by atoms with Gasteiger partial charge in [-0.25, -0.2) is 0 Å². The summed E-state index contributed by atoms with van der Waals surface area (Å²) < 4.78 is 49.8. The number of halogens is 3. The van der Waals surface area contributed by atoms with Gasteiger partial charge in [-0.05, 0) is 24.6 Å². The normalized spacial score (nSPS) is 28.0. The van der Waals surface area contributed by atoms with E-state index in [9.17, 15) is 23.1 Å². The molecule has 0 aliphatic carbocycles. The zero-order valence-corrected chi connectivity index (χ0v) is 13.3. The summed E-state index contributed by atoms with van der Waals surface area (Å²) in [6.45, 7) is 1.34. The molecule has 0 saturated carbocycles. The molecule has 0 aromatic heterocycles. The largest absolute Gasteiger partial charge is 0.497 e. The molecule has 1 N–H and O–H groups in total. The van der Waals surface area contributed by atoms with Crippen molar-refractivity contribution in [3.8, 4) is 5.75 Å².